The molecule has 3 nitrogen and oxygen atoms in total. The molecule has 0 bridgehead atoms. The highest BCUT2D eigenvalue weighted by Crippen LogP contribution is 2.06. The SMILES string of the molecule is Cc1cccc(CC(=O)NOC(C)(C)C)c1. The Morgan fingerprint density at radius 1 is 1.38 bits per heavy atom. The molecule has 1 aromatic rings. The van der Waals surface area contributed by atoms with E-state index in [1.807, 2.05) is 52.0 Å². The van der Waals surface area contributed by atoms with E-state index in [9.17, 15) is 4.79 Å². The Balaban J connectivity index is 2.46. The highest BCUT2D eigenvalue weighted by atomic mass is 16.7. The summed E-state index contributed by atoms with van der Waals surface area (Å²) in [6.45, 7) is 7.67. The van der Waals surface area contributed by atoms with Gasteiger partial charge in [-0.1, -0.05) is 29.8 Å². The molecule has 1 aromatic carbocycles. The topological polar surface area (TPSA) is 38.3 Å². The lowest BCUT2D eigenvalue weighted by Gasteiger charge is -2.18. The molecular formula is C13H19NO2. The molecule has 88 valence electrons. The van der Waals surface area contributed by atoms with Crippen LogP contribution < -0.4 is 5.48 Å². The normalized spacial score (nSPS) is 11.2. The number of nitrogens with one attached hydrogen (secondary N) is 1. The molecule has 0 spiro atoms. The summed E-state index contributed by atoms with van der Waals surface area (Å²) in [6.07, 6.45) is 0.345. The highest BCUT2D eigenvalue weighted by Gasteiger charge is 2.12. The van der Waals surface area contributed by atoms with E-state index in [-0.39, 0.29) is 11.5 Å². The molecule has 0 aliphatic heterocycles. The summed E-state index contributed by atoms with van der Waals surface area (Å²) in [7, 11) is 0. The largest absolute Gasteiger partial charge is 0.272 e. The Bertz CT molecular complexity index is 366. The van der Waals surface area contributed by atoms with Gasteiger partial charge < -0.3 is 0 Å². The lowest BCUT2D eigenvalue weighted by atomic mass is 10.1. The second-order valence-corrected chi connectivity index (χ2v) is 4.91. The number of rotatable bonds is 3. The van der Waals surface area contributed by atoms with Gasteiger partial charge in [0.1, 0.15) is 0 Å². The minimum atomic E-state index is -0.359. The first kappa shape index (κ1) is 12.7. The number of carbonyl (C=O) groups is 1. The Morgan fingerprint density at radius 3 is 2.62 bits per heavy atom. The van der Waals surface area contributed by atoms with Crippen LogP contribution in [0, 0.1) is 6.92 Å². The fraction of sp³-hybridized carbons (Fsp3) is 0.462. The number of hydrogen-bond acceptors (Lipinski definition) is 2. The van der Waals surface area contributed by atoms with E-state index < -0.39 is 0 Å². The van der Waals surface area contributed by atoms with Crippen LogP contribution in [0.25, 0.3) is 0 Å². The van der Waals surface area contributed by atoms with Gasteiger partial charge in [-0.2, -0.15) is 0 Å². The second-order valence-electron chi connectivity index (χ2n) is 4.91. The average molecular weight is 221 g/mol. The molecule has 0 saturated heterocycles. The third-order valence-corrected chi connectivity index (χ3v) is 1.92. The smallest absolute Gasteiger partial charge is 0.247 e. The van der Waals surface area contributed by atoms with Crippen LogP contribution in [-0.4, -0.2) is 11.5 Å². The van der Waals surface area contributed by atoms with Gasteiger partial charge in [-0.15, -0.1) is 0 Å². The van der Waals surface area contributed by atoms with Gasteiger partial charge >= 0.3 is 0 Å². The number of amides is 1. The molecule has 0 aromatic heterocycles. The quantitative estimate of drug-likeness (QED) is 0.796. The van der Waals surface area contributed by atoms with Crippen molar-refractivity contribution >= 4 is 5.91 Å². The molecule has 0 unspecified atom stereocenters. The number of hydroxylamine groups is 1. The van der Waals surface area contributed by atoms with Crippen molar-refractivity contribution in [2.45, 2.75) is 39.7 Å². The molecule has 1 amide bonds. The van der Waals surface area contributed by atoms with Gasteiger partial charge in [0.25, 0.3) is 0 Å². The molecule has 1 rings (SSSR count). The van der Waals surface area contributed by atoms with E-state index in [4.69, 9.17) is 4.84 Å². The van der Waals surface area contributed by atoms with E-state index in [1.54, 1.807) is 0 Å². The van der Waals surface area contributed by atoms with Gasteiger partial charge in [-0.25, -0.2) is 5.48 Å². The molecule has 1 N–H and O–H groups in total. The first-order valence-electron chi connectivity index (χ1n) is 5.39. The van der Waals surface area contributed by atoms with E-state index in [2.05, 4.69) is 5.48 Å². The first-order chi connectivity index (χ1) is 7.37. The Hall–Kier alpha value is -1.35. The van der Waals surface area contributed by atoms with Crippen LogP contribution in [0.1, 0.15) is 31.9 Å². The number of benzene rings is 1. The van der Waals surface area contributed by atoms with Gasteiger partial charge in [0.05, 0.1) is 12.0 Å². The summed E-state index contributed by atoms with van der Waals surface area (Å²) in [4.78, 5) is 16.7. The number of carbonyl (C=O) groups excluding carboxylic acids is 1. The van der Waals surface area contributed by atoms with Gasteiger partial charge in [-0.3, -0.25) is 9.63 Å². The molecule has 0 saturated carbocycles. The highest BCUT2D eigenvalue weighted by molar-refractivity contribution is 5.77. The Kier molecular flexibility index (Phi) is 4.07. The van der Waals surface area contributed by atoms with Crippen LogP contribution >= 0.6 is 0 Å². The molecule has 0 atom stereocenters. The fourth-order valence-electron chi connectivity index (χ4n) is 1.25. The summed E-state index contributed by atoms with van der Waals surface area (Å²) < 4.78 is 0. The van der Waals surface area contributed by atoms with Crippen LogP contribution in [0.4, 0.5) is 0 Å². The summed E-state index contributed by atoms with van der Waals surface area (Å²) >= 11 is 0. The fourth-order valence-corrected chi connectivity index (χ4v) is 1.25. The van der Waals surface area contributed by atoms with Crippen molar-refractivity contribution in [2.24, 2.45) is 0 Å². The minimum Gasteiger partial charge on any atom is -0.272 e. The second kappa shape index (κ2) is 5.12. The van der Waals surface area contributed by atoms with E-state index in [1.165, 1.54) is 0 Å². The maximum Gasteiger partial charge on any atom is 0.247 e. The Labute approximate surface area is 96.8 Å². The van der Waals surface area contributed by atoms with Crippen molar-refractivity contribution in [3.63, 3.8) is 0 Å². The Morgan fingerprint density at radius 2 is 2.06 bits per heavy atom. The van der Waals surface area contributed by atoms with Crippen LogP contribution in [0.3, 0.4) is 0 Å². The average Bonchev–Trinajstić information content (AvgIpc) is 2.14. The molecule has 16 heavy (non-hydrogen) atoms. The molecular weight excluding hydrogens is 202 g/mol. The molecule has 0 fully saturated rings. The van der Waals surface area contributed by atoms with Gasteiger partial charge in [0.15, 0.2) is 0 Å². The zero-order chi connectivity index (χ0) is 12.2. The molecule has 0 aliphatic carbocycles. The van der Waals surface area contributed by atoms with Crippen molar-refractivity contribution in [3.8, 4) is 0 Å². The van der Waals surface area contributed by atoms with Crippen LogP contribution in [-0.2, 0) is 16.1 Å². The molecule has 0 radical (unpaired) electrons. The predicted molar refractivity (Wildman–Crippen MR) is 63.9 cm³/mol. The van der Waals surface area contributed by atoms with E-state index >= 15 is 0 Å². The van der Waals surface area contributed by atoms with Gasteiger partial charge in [-0.05, 0) is 33.3 Å². The zero-order valence-corrected chi connectivity index (χ0v) is 10.3. The van der Waals surface area contributed by atoms with Crippen molar-refractivity contribution in [2.75, 3.05) is 0 Å². The van der Waals surface area contributed by atoms with E-state index in [0.717, 1.165) is 11.1 Å². The predicted octanol–water partition coefficient (Wildman–Crippen LogP) is 2.38. The van der Waals surface area contributed by atoms with Crippen LogP contribution in [0.2, 0.25) is 0 Å². The van der Waals surface area contributed by atoms with Crippen molar-refractivity contribution in [1.82, 2.24) is 5.48 Å². The minimum absolute atomic E-state index is 0.125. The summed E-state index contributed by atoms with van der Waals surface area (Å²) in [5.41, 5.74) is 4.24. The van der Waals surface area contributed by atoms with Crippen molar-refractivity contribution < 1.29 is 9.63 Å². The van der Waals surface area contributed by atoms with Crippen molar-refractivity contribution in [1.29, 1.82) is 0 Å². The van der Waals surface area contributed by atoms with Crippen molar-refractivity contribution in [3.05, 3.63) is 35.4 Å². The zero-order valence-electron chi connectivity index (χ0n) is 10.3. The maximum atomic E-state index is 11.5. The molecule has 0 aliphatic rings. The first-order valence-corrected chi connectivity index (χ1v) is 5.39. The molecule has 0 heterocycles. The number of hydrogen-bond donors (Lipinski definition) is 1. The summed E-state index contributed by atoms with van der Waals surface area (Å²) in [6, 6.07) is 7.88. The number of aryl methyl sites for hydroxylation is 1. The van der Waals surface area contributed by atoms with Crippen LogP contribution in [0.5, 0.6) is 0 Å². The third-order valence-electron chi connectivity index (χ3n) is 1.92. The lowest BCUT2D eigenvalue weighted by Crippen LogP contribution is -2.34. The monoisotopic (exact) mass is 221 g/mol. The standard InChI is InChI=1S/C13H19NO2/c1-10-6-5-7-11(8-10)9-12(15)14-16-13(2,3)4/h5-8H,9H2,1-4H3,(H,14,15). The summed E-state index contributed by atoms with van der Waals surface area (Å²) in [5, 5.41) is 0. The maximum absolute atomic E-state index is 11.5. The van der Waals surface area contributed by atoms with Gasteiger partial charge in [0, 0.05) is 0 Å². The lowest BCUT2D eigenvalue weighted by molar-refractivity contribution is -0.144. The van der Waals surface area contributed by atoms with Gasteiger partial charge in [0.2, 0.25) is 5.91 Å². The third kappa shape index (κ3) is 4.94. The summed E-state index contributed by atoms with van der Waals surface area (Å²) in [5.74, 6) is -0.125. The van der Waals surface area contributed by atoms with E-state index in [0.29, 0.717) is 6.42 Å². The molecule has 3 heteroatoms. The van der Waals surface area contributed by atoms with Crippen LogP contribution in [0.15, 0.2) is 24.3 Å².